The lowest BCUT2D eigenvalue weighted by Crippen LogP contribution is -2.33. The lowest BCUT2D eigenvalue weighted by Gasteiger charge is -2.22. The van der Waals surface area contributed by atoms with Crippen molar-refractivity contribution in [3.05, 3.63) is 29.3 Å². The molecule has 0 bridgehead atoms. The van der Waals surface area contributed by atoms with Gasteiger partial charge in [0.1, 0.15) is 0 Å². The molecule has 1 saturated heterocycles. The number of piperidine rings is 1. The first-order valence-corrected chi connectivity index (χ1v) is 8.55. The smallest absolute Gasteiger partial charge is 0.251 e. The van der Waals surface area contributed by atoms with Crippen molar-refractivity contribution >= 4 is 29.9 Å². The normalized spacial score (nSPS) is 19.4. The van der Waals surface area contributed by atoms with E-state index in [0.29, 0.717) is 18.0 Å². The number of halogens is 1. The molecule has 0 radical (unpaired) electrons. The standard InChI is InChI=1S/C18H25N3O2.ClH/c1-13(22)21-10-7-15-11-16(4-5-17(15)21)18(23)20-9-6-14-3-2-8-19-12-14;/h4-5,11,14,19H,2-3,6-10,12H2,1H3,(H,20,23);1H. The Balaban J connectivity index is 0.00000208. The molecule has 1 aromatic carbocycles. The summed E-state index contributed by atoms with van der Waals surface area (Å²) < 4.78 is 0. The van der Waals surface area contributed by atoms with E-state index >= 15 is 0 Å². The lowest BCUT2D eigenvalue weighted by atomic mass is 9.96. The first-order chi connectivity index (χ1) is 11.1. The zero-order valence-corrected chi connectivity index (χ0v) is 15.0. The second kappa shape index (κ2) is 8.49. The van der Waals surface area contributed by atoms with Crippen LogP contribution in [0.5, 0.6) is 0 Å². The van der Waals surface area contributed by atoms with Crippen molar-refractivity contribution in [3.63, 3.8) is 0 Å². The summed E-state index contributed by atoms with van der Waals surface area (Å²) in [6, 6.07) is 5.64. The number of rotatable bonds is 4. The highest BCUT2D eigenvalue weighted by atomic mass is 35.5. The van der Waals surface area contributed by atoms with Gasteiger partial charge in [0.05, 0.1) is 0 Å². The topological polar surface area (TPSA) is 61.4 Å². The van der Waals surface area contributed by atoms with Crippen molar-refractivity contribution in [2.45, 2.75) is 32.6 Å². The number of nitrogens with one attached hydrogen (secondary N) is 2. The molecular formula is C18H26ClN3O2. The summed E-state index contributed by atoms with van der Waals surface area (Å²) in [6.07, 6.45) is 4.34. The molecule has 2 aliphatic heterocycles. The summed E-state index contributed by atoms with van der Waals surface area (Å²) in [5, 5.41) is 6.43. The third kappa shape index (κ3) is 4.28. The molecule has 3 rings (SSSR count). The van der Waals surface area contributed by atoms with Crippen LogP contribution in [-0.2, 0) is 11.2 Å². The Morgan fingerprint density at radius 1 is 1.38 bits per heavy atom. The van der Waals surface area contributed by atoms with E-state index in [9.17, 15) is 9.59 Å². The Kier molecular flexibility index (Phi) is 6.63. The third-order valence-electron chi connectivity index (χ3n) is 4.85. The molecule has 1 aromatic rings. The van der Waals surface area contributed by atoms with Crippen molar-refractivity contribution in [1.82, 2.24) is 10.6 Å². The summed E-state index contributed by atoms with van der Waals surface area (Å²) in [4.78, 5) is 25.6. The van der Waals surface area contributed by atoms with Crippen molar-refractivity contribution in [3.8, 4) is 0 Å². The first-order valence-electron chi connectivity index (χ1n) is 8.55. The molecule has 0 saturated carbocycles. The van der Waals surface area contributed by atoms with Gasteiger partial charge in [-0.2, -0.15) is 0 Å². The number of carbonyl (C=O) groups is 2. The van der Waals surface area contributed by atoms with Crippen molar-refractivity contribution < 1.29 is 9.59 Å². The number of amides is 2. The summed E-state index contributed by atoms with van der Waals surface area (Å²) in [7, 11) is 0. The van der Waals surface area contributed by atoms with E-state index in [-0.39, 0.29) is 24.2 Å². The highest BCUT2D eigenvalue weighted by Crippen LogP contribution is 2.28. The van der Waals surface area contributed by atoms with Gasteiger partial charge in [-0.3, -0.25) is 9.59 Å². The first kappa shape index (κ1) is 18.7. The highest BCUT2D eigenvalue weighted by molar-refractivity contribution is 5.97. The summed E-state index contributed by atoms with van der Waals surface area (Å²) in [5.41, 5.74) is 2.72. The van der Waals surface area contributed by atoms with E-state index in [1.54, 1.807) is 11.8 Å². The van der Waals surface area contributed by atoms with Crippen LogP contribution in [-0.4, -0.2) is 38.0 Å². The molecule has 6 heteroatoms. The number of hydrogen-bond donors (Lipinski definition) is 2. The maximum atomic E-state index is 12.3. The molecule has 2 N–H and O–H groups in total. The molecule has 2 amide bonds. The van der Waals surface area contributed by atoms with Gasteiger partial charge < -0.3 is 15.5 Å². The molecule has 2 aliphatic rings. The minimum Gasteiger partial charge on any atom is -0.352 e. The number of fused-ring (bicyclic) bond motifs is 1. The molecule has 24 heavy (non-hydrogen) atoms. The monoisotopic (exact) mass is 351 g/mol. The molecule has 0 aromatic heterocycles. The van der Waals surface area contributed by atoms with Gasteiger partial charge in [-0.15, -0.1) is 12.4 Å². The molecule has 0 aliphatic carbocycles. The SMILES string of the molecule is CC(=O)N1CCc2cc(C(=O)NCCC3CCCNC3)ccc21.Cl. The van der Waals surface area contributed by atoms with Crippen LogP contribution < -0.4 is 15.5 Å². The molecule has 2 heterocycles. The molecular weight excluding hydrogens is 326 g/mol. The Morgan fingerprint density at radius 2 is 2.21 bits per heavy atom. The van der Waals surface area contributed by atoms with E-state index in [0.717, 1.165) is 43.7 Å². The van der Waals surface area contributed by atoms with Gasteiger partial charge in [-0.25, -0.2) is 0 Å². The summed E-state index contributed by atoms with van der Waals surface area (Å²) in [5.74, 6) is 0.716. The fourth-order valence-electron chi connectivity index (χ4n) is 3.53. The zero-order valence-electron chi connectivity index (χ0n) is 14.1. The fraction of sp³-hybridized carbons (Fsp3) is 0.556. The zero-order chi connectivity index (χ0) is 16.2. The van der Waals surface area contributed by atoms with E-state index in [1.807, 2.05) is 18.2 Å². The van der Waals surface area contributed by atoms with Crippen LogP contribution in [0.25, 0.3) is 0 Å². The van der Waals surface area contributed by atoms with Crippen LogP contribution in [0.15, 0.2) is 18.2 Å². The van der Waals surface area contributed by atoms with Crippen molar-refractivity contribution in [2.75, 3.05) is 31.1 Å². The summed E-state index contributed by atoms with van der Waals surface area (Å²) >= 11 is 0. The van der Waals surface area contributed by atoms with Gasteiger partial charge in [0.2, 0.25) is 5.91 Å². The van der Waals surface area contributed by atoms with Gasteiger partial charge in [0.15, 0.2) is 0 Å². The molecule has 1 fully saturated rings. The second-order valence-electron chi connectivity index (χ2n) is 6.52. The Bertz CT molecular complexity index is 600. The molecule has 1 unspecified atom stereocenters. The van der Waals surface area contributed by atoms with E-state index in [2.05, 4.69) is 10.6 Å². The number of benzene rings is 1. The average Bonchev–Trinajstić information content (AvgIpc) is 2.99. The van der Waals surface area contributed by atoms with Crippen LogP contribution in [0, 0.1) is 5.92 Å². The largest absolute Gasteiger partial charge is 0.352 e. The van der Waals surface area contributed by atoms with Gasteiger partial charge >= 0.3 is 0 Å². The predicted octanol–water partition coefficient (Wildman–Crippen LogP) is 2.14. The molecule has 1 atom stereocenters. The van der Waals surface area contributed by atoms with E-state index < -0.39 is 0 Å². The third-order valence-corrected chi connectivity index (χ3v) is 4.85. The van der Waals surface area contributed by atoms with E-state index in [1.165, 1.54) is 12.8 Å². The Hall–Kier alpha value is -1.59. The van der Waals surface area contributed by atoms with Crippen LogP contribution in [0.1, 0.15) is 42.1 Å². The van der Waals surface area contributed by atoms with Crippen LogP contribution >= 0.6 is 12.4 Å². The predicted molar refractivity (Wildman–Crippen MR) is 98.0 cm³/mol. The average molecular weight is 352 g/mol. The van der Waals surface area contributed by atoms with Crippen molar-refractivity contribution in [1.29, 1.82) is 0 Å². The Morgan fingerprint density at radius 3 is 2.92 bits per heavy atom. The maximum Gasteiger partial charge on any atom is 0.251 e. The van der Waals surface area contributed by atoms with Gasteiger partial charge in [-0.05, 0) is 68.5 Å². The van der Waals surface area contributed by atoms with Crippen LogP contribution in [0.3, 0.4) is 0 Å². The number of hydrogen-bond acceptors (Lipinski definition) is 3. The van der Waals surface area contributed by atoms with Crippen molar-refractivity contribution in [2.24, 2.45) is 5.92 Å². The molecule has 5 nitrogen and oxygen atoms in total. The van der Waals surface area contributed by atoms with Gasteiger partial charge in [0, 0.05) is 31.3 Å². The van der Waals surface area contributed by atoms with Gasteiger partial charge in [-0.1, -0.05) is 0 Å². The fourth-order valence-corrected chi connectivity index (χ4v) is 3.53. The number of anilines is 1. The summed E-state index contributed by atoms with van der Waals surface area (Å²) in [6.45, 7) is 5.20. The Labute approximate surface area is 149 Å². The second-order valence-corrected chi connectivity index (χ2v) is 6.52. The minimum atomic E-state index is -0.0159. The number of nitrogens with zero attached hydrogens (tertiary/aromatic N) is 1. The van der Waals surface area contributed by atoms with Crippen LogP contribution in [0.2, 0.25) is 0 Å². The molecule has 0 spiro atoms. The highest BCUT2D eigenvalue weighted by Gasteiger charge is 2.23. The lowest BCUT2D eigenvalue weighted by molar-refractivity contribution is -0.116. The van der Waals surface area contributed by atoms with Crippen LogP contribution in [0.4, 0.5) is 5.69 Å². The minimum absolute atomic E-state index is 0. The number of carbonyl (C=O) groups excluding carboxylic acids is 2. The van der Waals surface area contributed by atoms with E-state index in [4.69, 9.17) is 0 Å². The maximum absolute atomic E-state index is 12.3. The van der Waals surface area contributed by atoms with Gasteiger partial charge in [0.25, 0.3) is 5.91 Å². The molecule has 132 valence electrons. The quantitative estimate of drug-likeness (QED) is 0.873.